The maximum absolute atomic E-state index is 14.7. The summed E-state index contributed by atoms with van der Waals surface area (Å²) in [6.45, 7) is 2.21. The molecule has 0 aliphatic rings. The average Bonchev–Trinajstić information content (AvgIpc) is 2.78. The van der Waals surface area contributed by atoms with E-state index in [4.69, 9.17) is 0 Å². The number of rotatable bonds is 7. The van der Waals surface area contributed by atoms with Crippen LogP contribution in [0.25, 0.3) is 33.2 Å². The van der Waals surface area contributed by atoms with Gasteiger partial charge in [0.25, 0.3) is 0 Å². The predicted molar refractivity (Wildman–Crippen MR) is 120 cm³/mol. The van der Waals surface area contributed by atoms with Crippen LogP contribution in [-0.2, 0) is 6.42 Å². The molecule has 4 aromatic rings. The van der Waals surface area contributed by atoms with E-state index in [0.717, 1.165) is 22.9 Å². The lowest BCUT2D eigenvalue weighted by Gasteiger charge is -2.10. The Labute approximate surface area is 176 Å². The van der Waals surface area contributed by atoms with Gasteiger partial charge in [0, 0.05) is 28.1 Å². The molecule has 3 aromatic carbocycles. The summed E-state index contributed by atoms with van der Waals surface area (Å²) in [6, 6.07) is 19.7. The van der Waals surface area contributed by atoms with E-state index in [2.05, 4.69) is 24.0 Å². The van der Waals surface area contributed by atoms with E-state index in [1.165, 1.54) is 43.4 Å². The summed E-state index contributed by atoms with van der Waals surface area (Å²) in [6.07, 6.45) is 7.56. The van der Waals surface area contributed by atoms with Gasteiger partial charge in [-0.25, -0.2) is 8.78 Å². The van der Waals surface area contributed by atoms with Crippen LogP contribution in [-0.4, -0.2) is 4.98 Å². The lowest BCUT2D eigenvalue weighted by atomic mass is 9.97. The van der Waals surface area contributed by atoms with E-state index >= 15 is 0 Å². The Morgan fingerprint density at radius 3 is 2.33 bits per heavy atom. The Morgan fingerprint density at radius 1 is 0.733 bits per heavy atom. The van der Waals surface area contributed by atoms with Crippen LogP contribution in [0, 0.1) is 11.6 Å². The molecule has 0 radical (unpaired) electrons. The molecule has 1 aromatic heterocycles. The van der Waals surface area contributed by atoms with Crippen LogP contribution in [0.2, 0.25) is 0 Å². The molecule has 0 saturated carbocycles. The highest BCUT2D eigenvalue weighted by Gasteiger charge is 2.12. The van der Waals surface area contributed by atoms with Crippen LogP contribution < -0.4 is 0 Å². The first-order valence-corrected chi connectivity index (χ1v) is 10.6. The summed E-state index contributed by atoms with van der Waals surface area (Å²) in [4.78, 5) is 4.46. The van der Waals surface area contributed by atoms with Crippen molar-refractivity contribution in [1.82, 2.24) is 4.98 Å². The van der Waals surface area contributed by atoms with E-state index < -0.39 is 0 Å². The first kappa shape index (κ1) is 20.2. The maximum atomic E-state index is 14.7. The summed E-state index contributed by atoms with van der Waals surface area (Å²) in [5, 5.41) is 1.23. The molecule has 0 bridgehead atoms. The number of pyridine rings is 1. The van der Waals surface area contributed by atoms with Gasteiger partial charge in [0.05, 0.1) is 5.69 Å². The number of benzene rings is 3. The number of nitrogens with zero attached hydrogens (tertiary/aromatic N) is 1. The Kier molecular flexibility index (Phi) is 6.18. The molecular formula is C27H25F2N. The summed E-state index contributed by atoms with van der Waals surface area (Å²) in [7, 11) is 0. The average molecular weight is 402 g/mol. The second-order valence-corrected chi connectivity index (χ2v) is 7.70. The fraction of sp³-hybridized carbons (Fsp3) is 0.222. The van der Waals surface area contributed by atoms with Crippen molar-refractivity contribution in [1.29, 1.82) is 0 Å². The maximum Gasteiger partial charge on any atom is 0.131 e. The standard InChI is InChI=1S/C27H25F2N/c1-2-3-4-5-7-19-10-12-20(13-11-19)24-18-21(14-15-26(24)29)27-23-8-6-9-25(28)22(23)16-17-30-27/h6,8-18H,2-5,7H2,1H3. The molecule has 152 valence electrons. The van der Waals surface area contributed by atoms with Crippen LogP contribution in [0.3, 0.4) is 0 Å². The van der Waals surface area contributed by atoms with Gasteiger partial charge in [-0.05, 0) is 54.3 Å². The number of hydrogen-bond acceptors (Lipinski definition) is 1. The molecular weight excluding hydrogens is 376 g/mol. The number of aromatic nitrogens is 1. The molecule has 0 saturated heterocycles. The fourth-order valence-corrected chi connectivity index (χ4v) is 3.90. The molecule has 1 heterocycles. The molecule has 1 nitrogen and oxygen atoms in total. The Morgan fingerprint density at radius 2 is 1.53 bits per heavy atom. The lowest BCUT2D eigenvalue weighted by Crippen LogP contribution is -1.92. The molecule has 0 spiro atoms. The zero-order valence-electron chi connectivity index (χ0n) is 17.2. The SMILES string of the molecule is CCCCCCc1ccc(-c2cc(-c3nccc4c(F)cccc34)ccc2F)cc1. The van der Waals surface area contributed by atoms with Gasteiger partial charge >= 0.3 is 0 Å². The second kappa shape index (κ2) is 9.17. The van der Waals surface area contributed by atoms with Gasteiger partial charge < -0.3 is 0 Å². The third-order valence-electron chi connectivity index (χ3n) is 5.58. The normalized spacial score (nSPS) is 11.2. The monoisotopic (exact) mass is 401 g/mol. The lowest BCUT2D eigenvalue weighted by molar-refractivity contribution is 0.631. The summed E-state index contributed by atoms with van der Waals surface area (Å²) >= 11 is 0. The van der Waals surface area contributed by atoms with Gasteiger partial charge in [0.2, 0.25) is 0 Å². The first-order chi connectivity index (χ1) is 14.7. The molecule has 30 heavy (non-hydrogen) atoms. The number of aryl methyl sites for hydroxylation is 1. The van der Waals surface area contributed by atoms with Crippen LogP contribution in [0.15, 0.2) is 72.9 Å². The minimum atomic E-state index is -0.284. The van der Waals surface area contributed by atoms with Crippen LogP contribution in [0.4, 0.5) is 8.78 Å². The first-order valence-electron chi connectivity index (χ1n) is 10.6. The zero-order chi connectivity index (χ0) is 20.9. The summed E-state index contributed by atoms with van der Waals surface area (Å²) in [5.74, 6) is -0.561. The highest BCUT2D eigenvalue weighted by atomic mass is 19.1. The van der Waals surface area contributed by atoms with E-state index in [0.29, 0.717) is 16.6 Å². The van der Waals surface area contributed by atoms with Crippen molar-refractivity contribution in [3.8, 4) is 22.4 Å². The van der Waals surface area contributed by atoms with Gasteiger partial charge in [-0.3, -0.25) is 4.98 Å². The van der Waals surface area contributed by atoms with Crippen molar-refractivity contribution in [3.05, 3.63) is 90.1 Å². The third-order valence-corrected chi connectivity index (χ3v) is 5.58. The molecule has 0 unspecified atom stereocenters. The summed E-state index contributed by atoms with van der Waals surface area (Å²) < 4.78 is 28.8. The minimum absolute atomic E-state index is 0.277. The number of halogens is 2. The molecule has 3 heteroatoms. The minimum Gasteiger partial charge on any atom is -0.256 e. The van der Waals surface area contributed by atoms with E-state index in [-0.39, 0.29) is 11.6 Å². The van der Waals surface area contributed by atoms with Crippen LogP contribution in [0.1, 0.15) is 38.2 Å². The number of hydrogen-bond donors (Lipinski definition) is 0. The Bertz CT molecular complexity index is 1150. The van der Waals surface area contributed by atoms with Crippen molar-refractivity contribution in [2.45, 2.75) is 39.0 Å². The van der Waals surface area contributed by atoms with Crippen LogP contribution >= 0.6 is 0 Å². The largest absolute Gasteiger partial charge is 0.256 e. The van der Waals surface area contributed by atoms with Crippen molar-refractivity contribution in [2.75, 3.05) is 0 Å². The molecule has 0 aliphatic heterocycles. The molecule has 0 N–H and O–H groups in total. The van der Waals surface area contributed by atoms with Gasteiger partial charge in [-0.15, -0.1) is 0 Å². The molecule has 0 atom stereocenters. The molecule has 0 fully saturated rings. The van der Waals surface area contributed by atoms with Crippen molar-refractivity contribution in [3.63, 3.8) is 0 Å². The smallest absolute Gasteiger partial charge is 0.131 e. The van der Waals surface area contributed by atoms with Crippen molar-refractivity contribution >= 4 is 10.8 Å². The molecule has 0 aliphatic carbocycles. The zero-order valence-corrected chi connectivity index (χ0v) is 17.2. The molecule has 4 rings (SSSR count). The van der Waals surface area contributed by atoms with Crippen molar-refractivity contribution < 1.29 is 8.78 Å². The topological polar surface area (TPSA) is 12.9 Å². The second-order valence-electron chi connectivity index (χ2n) is 7.70. The Hall–Kier alpha value is -3.07. The highest BCUT2D eigenvalue weighted by Crippen LogP contribution is 2.32. The number of unbranched alkanes of at least 4 members (excludes halogenated alkanes) is 3. The van der Waals surface area contributed by atoms with Gasteiger partial charge in [-0.2, -0.15) is 0 Å². The van der Waals surface area contributed by atoms with E-state index in [9.17, 15) is 8.78 Å². The van der Waals surface area contributed by atoms with Gasteiger partial charge in [0.15, 0.2) is 0 Å². The van der Waals surface area contributed by atoms with Crippen molar-refractivity contribution in [2.24, 2.45) is 0 Å². The fourth-order valence-electron chi connectivity index (χ4n) is 3.90. The number of fused-ring (bicyclic) bond motifs is 1. The highest BCUT2D eigenvalue weighted by molar-refractivity contribution is 5.95. The predicted octanol–water partition coefficient (Wildman–Crippen LogP) is 7.97. The van der Waals surface area contributed by atoms with E-state index in [1.54, 1.807) is 30.5 Å². The summed E-state index contributed by atoms with van der Waals surface area (Å²) in [5.41, 5.74) is 4.06. The van der Waals surface area contributed by atoms with Crippen LogP contribution in [0.5, 0.6) is 0 Å². The van der Waals surface area contributed by atoms with Gasteiger partial charge in [0.1, 0.15) is 11.6 Å². The quantitative estimate of drug-likeness (QED) is 0.286. The van der Waals surface area contributed by atoms with Gasteiger partial charge in [-0.1, -0.05) is 62.6 Å². The Balaban J connectivity index is 1.66. The third kappa shape index (κ3) is 4.25. The van der Waals surface area contributed by atoms with E-state index in [1.807, 2.05) is 18.2 Å². The molecule has 0 amide bonds.